The lowest BCUT2D eigenvalue weighted by atomic mass is 9.86. The fourth-order valence-corrected chi connectivity index (χ4v) is 3.95. The van der Waals surface area contributed by atoms with Crippen LogP contribution in [0, 0.1) is 5.82 Å². The molecule has 1 aliphatic rings. The quantitative estimate of drug-likeness (QED) is 0.897. The highest BCUT2D eigenvalue weighted by Crippen LogP contribution is 2.34. The number of thiazole rings is 1. The summed E-state index contributed by atoms with van der Waals surface area (Å²) >= 11 is 1.59. The number of fused-ring (bicyclic) bond motifs is 1. The van der Waals surface area contributed by atoms with Gasteiger partial charge in [0.05, 0.1) is 15.8 Å². The summed E-state index contributed by atoms with van der Waals surface area (Å²) in [4.78, 5) is 4.49. The molecule has 114 valence electrons. The van der Waals surface area contributed by atoms with Crippen molar-refractivity contribution in [1.29, 1.82) is 0 Å². The van der Waals surface area contributed by atoms with Crippen LogP contribution in [0.5, 0.6) is 0 Å². The molecule has 2 aromatic rings. The molecular weight excluding hydrogens is 287 g/mol. The summed E-state index contributed by atoms with van der Waals surface area (Å²) in [5, 5.41) is 4.40. The normalized spacial score (nSPS) is 21.6. The van der Waals surface area contributed by atoms with Crippen LogP contribution in [0.3, 0.4) is 0 Å². The van der Waals surface area contributed by atoms with Gasteiger partial charge in [-0.1, -0.05) is 25.2 Å². The molecule has 1 N–H and O–H groups in total. The van der Waals surface area contributed by atoms with Gasteiger partial charge in [-0.2, -0.15) is 0 Å². The van der Waals surface area contributed by atoms with Gasteiger partial charge < -0.3 is 10.1 Å². The van der Waals surface area contributed by atoms with E-state index < -0.39 is 0 Å². The maximum atomic E-state index is 13.2. The van der Waals surface area contributed by atoms with Crippen LogP contribution in [-0.4, -0.2) is 23.2 Å². The predicted octanol–water partition coefficient (Wildman–Crippen LogP) is 4.59. The number of halogens is 1. The Bertz CT molecular complexity index is 624. The van der Waals surface area contributed by atoms with E-state index in [4.69, 9.17) is 4.74 Å². The van der Waals surface area contributed by atoms with E-state index in [-0.39, 0.29) is 11.4 Å². The van der Waals surface area contributed by atoms with E-state index >= 15 is 0 Å². The van der Waals surface area contributed by atoms with E-state index in [1.807, 2.05) is 0 Å². The standard InChI is InChI=1S/C16H21FN2OS/c1-3-16(4-2)10-12(7-8-20-16)18-15-19-13-9-11(17)5-6-14(13)21-15/h5-6,9,12H,3-4,7-8,10H2,1-2H3,(H,18,19). The minimum Gasteiger partial charge on any atom is -0.375 e. The highest BCUT2D eigenvalue weighted by Gasteiger charge is 2.34. The van der Waals surface area contributed by atoms with Gasteiger partial charge in [0.25, 0.3) is 0 Å². The second-order valence-corrected chi connectivity index (χ2v) is 6.73. The summed E-state index contributed by atoms with van der Waals surface area (Å²) in [6, 6.07) is 5.14. The zero-order chi connectivity index (χ0) is 14.9. The zero-order valence-corrected chi connectivity index (χ0v) is 13.3. The predicted molar refractivity (Wildman–Crippen MR) is 85.5 cm³/mol. The van der Waals surface area contributed by atoms with Crippen LogP contribution >= 0.6 is 11.3 Å². The Kier molecular flexibility index (Phi) is 4.13. The van der Waals surface area contributed by atoms with Crippen LogP contribution in [0.2, 0.25) is 0 Å². The van der Waals surface area contributed by atoms with E-state index in [1.165, 1.54) is 12.1 Å². The van der Waals surface area contributed by atoms with Gasteiger partial charge in [-0.3, -0.25) is 0 Å². The lowest BCUT2D eigenvalue weighted by molar-refractivity contribution is -0.0864. The molecule has 1 aromatic heterocycles. The molecule has 0 aliphatic carbocycles. The van der Waals surface area contributed by atoms with Gasteiger partial charge in [0.15, 0.2) is 5.13 Å². The molecule has 0 saturated carbocycles. The Morgan fingerprint density at radius 3 is 3.00 bits per heavy atom. The number of anilines is 1. The van der Waals surface area contributed by atoms with Crippen molar-refractivity contribution in [1.82, 2.24) is 4.98 Å². The lowest BCUT2D eigenvalue weighted by Gasteiger charge is -2.40. The van der Waals surface area contributed by atoms with Gasteiger partial charge in [-0.15, -0.1) is 0 Å². The maximum absolute atomic E-state index is 13.2. The summed E-state index contributed by atoms with van der Waals surface area (Å²) in [7, 11) is 0. The van der Waals surface area contributed by atoms with Crippen molar-refractivity contribution >= 4 is 26.7 Å². The lowest BCUT2D eigenvalue weighted by Crippen LogP contribution is -2.43. The molecule has 1 aliphatic heterocycles. The Balaban J connectivity index is 1.75. The number of hydrogen-bond donors (Lipinski definition) is 1. The molecule has 1 aromatic carbocycles. The Labute approximate surface area is 128 Å². The number of nitrogens with one attached hydrogen (secondary N) is 1. The highest BCUT2D eigenvalue weighted by molar-refractivity contribution is 7.22. The van der Waals surface area contributed by atoms with E-state index in [9.17, 15) is 4.39 Å². The van der Waals surface area contributed by atoms with E-state index in [0.29, 0.717) is 6.04 Å². The van der Waals surface area contributed by atoms with Crippen molar-refractivity contribution in [2.75, 3.05) is 11.9 Å². The third-order valence-electron chi connectivity index (χ3n) is 4.46. The number of aromatic nitrogens is 1. The van der Waals surface area contributed by atoms with Crippen molar-refractivity contribution in [3.05, 3.63) is 24.0 Å². The zero-order valence-electron chi connectivity index (χ0n) is 12.5. The van der Waals surface area contributed by atoms with Gasteiger partial charge in [-0.25, -0.2) is 9.37 Å². The monoisotopic (exact) mass is 308 g/mol. The summed E-state index contributed by atoms with van der Waals surface area (Å²) in [6.07, 6.45) is 4.07. The molecule has 0 bridgehead atoms. The van der Waals surface area contributed by atoms with E-state index in [2.05, 4.69) is 24.1 Å². The first-order valence-electron chi connectivity index (χ1n) is 7.61. The molecular formula is C16H21FN2OS. The van der Waals surface area contributed by atoms with Crippen molar-refractivity contribution in [3.8, 4) is 0 Å². The largest absolute Gasteiger partial charge is 0.375 e. The molecule has 0 amide bonds. The average Bonchev–Trinajstić information content (AvgIpc) is 2.88. The second kappa shape index (κ2) is 5.89. The smallest absolute Gasteiger partial charge is 0.184 e. The number of benzene rings is 1. The molecule has 1 fully saturated rings. The number of ether oxygens (including phenoxy) is 1. The molecule has 3 rings (SSSR count). The van der Waals surface area contributed by atoms with E-state index in [1.54, 1.807) is 17.4 Å². The second-order valence-electron chi connectivity index (χ2n) is 5.70. The molecule has 21 heavy (non-hydrogen) atoms. The SMILES string of the molecule is CCC1(CC)CC(Nc2nc3cc(F)ccc3s2)CCO1. The minimum absolute atomic E-state index is 0.00128. The molecule has 5 heteroatoms. The molecule has 2 heterocycles. The van der Waals surface area contributed by atoms with Crippen LogP contribution in [-0.2, 0) is 4.74 Å². The van der Waals surface area contributed by atoms with Crippen LogP contribution < -0.4 is 5.32 Å². The molecule has 1 saturated heterocycles. The first-order chi connectivity index (χ1) is 10.1. The van der Waals surface area contributed by atoms with Gasteiger partial charge in [0, 0.05) is 18.7 Å². The molecule has 3 nitrogen and oxygen atoms in total. The number of nitrogens with zero attached hydrogens (tertiary/aromatic N) is 1. The molecule has 1 unspecified atom stereocenters. The molecule has 0 radical (unpaired) electrons. The average molecular weight is 308 g/mol. The van der Waals surface area contributed by atoms with Gasteiger partial charge in [-0.05, 0) is 37.8 Å². The first-order valence-corrected chi connectivity index (χ1v) is 8.42. The third-order valence-corrected chi connectivity index (χ3v) is 5.43. The Morgan fingerprint density at radius 2 is 2.24 bits per heavy atom. The van der Waals surface area contributed by atoms with E-state index in [0.717, 1.165) is 47.6 Å². The minimum atomic E-state index is -0.235. The topological polar surface area (TPSA) is 34.2 Å². The van der Waals surface area contributed by atoms with Gasteiger partial charge in [0.1, 0.15) is 5.82 Å². The van der Waals surface area contributed by atoms with Crippen LogP contribution in [0.15, 0.2) is 18.2 Å². The summed E-state index contributed by atoms with van der Waals surface area (Å²) in [6.45, 7) is 5.16. The number of rotatable bonds is 4. The summed E-state index contributed by atoms with van der Waals surface area (Å²) < 4.78 is 20.2. The van der Waals surface area contributed by atoms with Crippen LogP contribution in [0.4, 0.5) is 9.52 Å². The Hall–Kier alpha value is -1.20. The van der Waals surface area contributed by atoms with Crippen LogP contribution in [0.1, 0.15) is 39.5 Å². The van der Waals surface area contributed by atoms with Crippen molar-refractivity contribution in [2.45, 2.75) is 51.2 Å². The van der Waals surface area contributed by atoms with Crippen molar-refractivity contribution < 1.29 is 9.13 Å². The summed E-state index contributed by atoms with van der Waals surface area (Å²) in [5.74, 6) is -0.235. The Morgan fingerprint density at radius 1 is 1.43 bits per heavy atom. The number of hydrogen-bond acceptors (Lipinski definition) is 4. The fraction of sp³-hybridized carbons (Fsp3) is 0.562. The first kappa shape index (κ1) is 14.7. The van der Waals surface area contributed by atoms with Crippen molar-refractivity contribution in [2.24, 2.45) is 0 Å². The fourth-order valence-electron chi connectivity index (χ4n) is 3.03. The van der Waals surface area contributed by atoms with Crippen molar-refractivity contribution in [3.63, 3.8) is 0 Å². The summed E-state index contributed by atoms with van der Waals surface area (Å²) in [5.41, 5.74) is 0.727. The highest BCUT2D eigenvalue weighted by atomic mass is 32.1. The molecule has 0 spiro atoms. The maximum Gasteiger partial charge on any atom is 0.184 e. The van der Waals surface area contributed by atoms with Gasteiger partial charge >= 0.3 is 0 Å². The van der Waals surface area contributed by atoms with Crippen LogP contribution in [0.25, 0.3) is 10.2 Å². The van der Waals surface area contributed by atoms with Gasteiger partial charge in [0.2, 0.25) is 0 Å². The third kappa shape index (κ3) is 3.04. The molecule has 1 atom stereocenters.